The molecule has 0 fully saturated rings. The van der Waals surface area contributed by atoms with Crippen molar-refractivity contribution in [2.75, 3.05) is 0 Å². The highest BCUT2D eigenvalue weighted by Gasteiger charge is 2.28. The van der Waals surface area contributed by atoms with Gasteiger partial charge >= 0.3 is 5.97 Å². The second-order valence-corrected chi connectivity index (χ2v) is 11.1. The van der Waals surface area contributed by atoms with E-state index in [1.54, 1.807) is 26.4 Å². The predicted octanol–water partition coefficient (Wildman–Crippen LogP) is 6.13. The first-order valence-corrected chi connectivity index (χ1v) is 12.7. The van der Waals surface area contributed by atoms with E-state index in [2.05, 4.69) is 58.2 Å². The van der Waals surface area contributed by atoms with E-state index in [1.807, 2.05) is 30.5 Å². The van der Waals surface area contributed by atoms with Gasteiger partial charge in [-0.1, -0.05) is 42.0 Å². The van der Waals surface area contributed by atoms with Crippen LogP contribution in [0.4, 0.5) is 0 Å². The fourth-order valence-electron chi connectivity index (χ4n) is 3.87. The fraction of sp³-hybridized carbons (Fsp3) is 0.276. The number of carbonyl (C=O) groups is 1. The van der Waals surface area contributed by atoms with Gasteiger partial charge in [-0.15, -0.1) is 11.8 Å². The summed E-state index contributed by atoms with van der Waals surface area (Å²) >= 11 is 1.35. The second-order valence-electron chi connectivity index (χ2n) is 9.44. The maximum Gasteiger partial charge on any atom is 0.319 e. The number of furan rings is 1. The standard InChI is InChI=1S/C29H31N3O3S/c1-21-6-8-22(9-7-21)15-27-24(16-30-20-31-27)18-32(19-25-5-4-14-35-25)17-23-10-12-26(13-11-23)36-29(2,3)28(33)34/h4-14,16,20H,15,17-19H2,1-3H3,(H,33,34). The van der Waals surface area contributed by atoms with Crippen molar-refractivity contribution in [3.05, 3.63) is 113 Å². The van der Waals surface area contributed by atoms with Crippen molar-refractivity contribution in [3.63, 3.8) is 0 Å². The molecule has 0 aliphatic rings. The Kier molecular flexibility index (Phi) is 8.23. The Labute approximate surface area is 216 Å². The lowest BCUT2D eigenvalue weighted by Crippen LogP contribution is -2.26. The molecule has 0 aliphatic heterocycles. The number of aliphatic carboxylic acids is 1. The molecule has 4 rings (SSSR count). The lowest BCUT2D eigenvalue weighted by Gasteiger charge is -2.23. The Morgan fingerprint density at radius 3 is 2.39 bits per heavy atom. The normalized spacial score (nSPS) is 11.7. The Balaban J connectivity index is 1.51. The smallest absolute Gasteiger partial charge is 0.319 e. The maximum atomic E-state index is 11.5. The third-order valence-electron chi connectivity index (χ3n) is 5.94. The number of rotatable bonds is 11. The molecule has 4 aromatic rings. The van der Waals surface area contributed by atoms with Gasteiger partial charge in [-0.25, -0.2) is 9.97 Å². The van der Waals surface area contributed by atoms with Gasteiger partial charge in [0.1, 0.15) is 16.8 Å². The molecule has 0 spiro atoms. The van der Waals surface area contributed by atoms with Crippen LogP contribution in [0.2, 0.25) is 0 Å². The zero-order valence-electron chi connectivity index (χ0n) is 20.8. The molecule has 0 aliphatic carbocycles. The van der Waals surface area contributed by atoms with Crippen LogP contribution >= 0.6 is 11.8 Å². The van der Waals surface area contributed by atoms with Crippen molar-refractivity contribution < 1.29 is 14.3 Å². The number of aryl methyl sites for hydroxylation is 1. The van der Waals surface area contributed by atoms with Gasteiger partial charge in [-0.3, -0.25) is 9.69 Å². The van der Waals surface area contributed by atoms with Crippen LogP contribution < -0.4 is 0 Å². The fourth-order valence-corrected chi connectivity index (χ4v) is 4.81. The Hall–Kier alpha value is -3.42. The first kappa shape index (κ1) is 25.7. The average Bonchev–Trinajstić information content (AvgIpc) is 3.36. The first-order chi connectivity index (χ1) is 17.3. The molecule has 0 saturated carbocycles. The van der Waals surface area contributed by atoms with Crippen molar-refractivity contribution in [2.24, 2.45) is 0 Å². The summed E-state index contributed by atoms with van der Waals surface area (Å²) < 4.78 is 4.76. The van der Waals surface area contributed by atoms with Crippen molar-refractivity contribution >= 4 is 17.7 Å². The molecular formula is C29H31N3O3S. The average molecular weight is 502 g/mol. The lowest BCUT2D eigenvalue weighted by molar-refractivity contribution is -0.138. The quantitative estimate of drug-likeness (QED) is 0.248. The van der Waals surface area contributed by atoms with Gasteiger partial charge in [0.05, 0.1) is 18.5 Å². The van der Waals surface area contributed by atoms with Gasteiger partial charge in [-0.2, -0.15) is 0 Å². The third-order valence-corrected chi connectivity index (χ3v) is 7.14. The summed E-state index contributed by atoms with van der Waals surface area (Å²) in [5.41, 5.74) is 5.69. The molecule has 2 aromatic heterocycles. The van der Waals surface area contributed by atoms with Crippen LogP contribution in [0.15, 0.2) is 88.8 Å². The summed E-state index contributed by atoms with van der Waals surface area (Å²) in [4.78, 5) is 23.6. The van der Waals surface area contributed by atoms with Gasteiger partial charge in [0.15, 0.2) is 0 Å². The van der Waals surface area contributed by atoms with Crippen LogP contribution in [-0.2, 0) is 30.8 Å². The summed E-state index contributed by atoms with van der Waals surface area (Å²) in [5.74, 6) is 0.0649. The molecule has 2 aromatic carbocycles. The summed E-state index contributed by atoms with van der Waals surface area (Å²) in [6.45, 7) is 7.54. The Bertz CT molecular complexity index is 1270. The van der Waals surface area contributed by atoms with E-state index in [9.17, 15) is 9.90 Å². The number of benzene rings is 2. The minimum absolute atomic E-state index is 0.647. The van der Waals surface area contributed by atoms with Gasteiger partial charge < -0.3 is 9.52 Å². The minimum atomic E-state index is -0.881. The number of carboxylic acid groups (broad SMARTS) is 1. The molecular weight excluding hydrogens is 470 g/mol. The van der Waals surface area contributed by atoms with Crippen molar-refractivity contribution in [1.82, 2.24) is 14.9 Å². The lowest BCUT2D eigenvalue weighted by atomic mass is 10.0. The van der Waals surface area contributed by atoms with Crippen LogP contribution in [0.3, 0.4) is 0 Å². The van der Waals surface area contributed by atoms with E-state index >= 15 is 0 Å². The van der Waals surface area contributed by atoms with Crippen LogP contribution in [0.25, 0.3) is 0 Å². The maximum absolute atomic E-state index is 11.5. The molecule has 2 heterocycles. The van der Waals surface area contributed by atoms with E-state index in [0.717, 1.165) is 33.9 Å². The highest BCUT2D eigenvalue weighted by Crippen LogP contribution is 2.33. The number of nitrogens with zero attached hydrogens (tertiary/aromatic N) is 3. The molecule has 36 heavy (non-hydrogen) atoms. The second kappa shape index (κ2) is 11.5. The molecule has 0 amide bonds. The summed E-state index contributed by atoms with van der Waals surface area (Å²) in [6.07, 6.45) is 5.95. The number of hydrogen-bond acceptors (Lipinski definition) is 6. The van der Waals surface area contributed by atoms with Crippen molar-refractivity contribution in [3.8, 4) is 0 Å². The number of aromatic nitrogens is 2. The van der Waals surface area contributed by atoms with Crippen LogP contribution in [0.1, 0.15) is 47.6 Å². The van der Waals surface area contributed by atoms with E-state index < -0.39 is 10.7 Å². The summed E-state index contributed by atoms with van der Waals surface area (Å²) in [5, 5.41) is 9.42. The number of carboxylic acids is 1. The molecule has 0 unspecified atom stereocenters. The van der Waals surface area contributed by atoms with Gasteiger partial charge in [0.2, 0.25) is 0 Å². The molecule has 7 heteroatoms. The van der Waals surface area contributed by atoms with Crippen molar-refractivity contribution in [1.29, 1.82) is 0 Å². The molecule has 1 N–H and O–H groups in total. The van der Waals surface area contributed by atoms with Crippen LogP contribution in [0, 0.1) is 6.92 Å². The monoisotopic (exact) mass is 501 g/mol. The predicted molar refractivity (Wildman–Crippen MR) is 142 cm³/mol. The third kappa shape index (κ3) is 7.06. The summed E-state index contributed by atoms with van der Waals surface area (Å²) in [7, 11) is 0. The van der Waals surface area contributed by atoms with E-state index in [4.69, 9.17) is 4.42 Å². The Morgan fingerprint density at radius 2 is 1.72 bits per heavy atom. The van der Waals surface area contributed by atoms with Gasteiger partial charge in [-0.05, 0) is 56.2 Å². The zero-order valence-corrected chi connectivity index (χ0v) is 21.7. The van der Waals surface area contributed by atoms with E-state index in [0.29, 0.717) is 19.6 Å². The van der Waals surface area contributed by atoms with Gasteiger partial charge in [0, 0.05) is 36.2 Å². The molecule has 6 nitrogen and oxygen atoms in total. The highest BCUT2D eigenvalue weighted by molar-refractivity contribution is 8.01. The molecule has 186 valence electrons. The van der Waals surface area contributed by atoms with Crippen LogP contribution in [0.5, 0.6) is 0 Å². The van der Waals surface area contributed by atoms with E-state index in [1.165, 1.54) is 22.9 Å². The highest BCUT2D eigenvalue weighted by atomic mass is 32.2. The number of thioether (sulfide) groups is 1. The van der Waals surface area contributed by atoms with Crippen LogP contribution in [-0.4, -0.2) is 30.7 Å². The molecule has 0 bridgehead atoms. The SMILES string of the molecule is Cc1ccc(Cc2ncncc2CN(Cc2ccc(SC(C)(C)C(=O)O)cc2)Cc2ccco2)cc1. The molecule has 0 radical (unpaired) electrons. The topological polar surface area (TPSA) is 79.5 Å². The minimum Gasteiger partial charge on any atom is -0.480 e. The molecule has 0 atom stereocenters. The van der Waals surface area contributed by atoms with Crippen molar-refractivity contribution in [2.45, 2.75) is 56.5 Å². The summed E-state index contributed by atoms with van der Waals surface area (Å²) in [6, 6.07) is 20.5. The largest absolute Gasteiger partial charge is 0.480 e. The number of hydrogen-bond donors (Lipinski definition) is 1. The molecule has 0 saturated heterocycles. The Morgan fingerprint density at radius 1 is 1.00 bits per heavy atom. The van der Waals surface area contributed by atoms with Gasteiger partial charge in [0.25, 0.3) is 0 Å². The van der Waals surface area contributed by atoms with E-state index in [-0.39, 0.29) is 0 Å². The zero-order chi connectivity index (χ0) is 25.5. The first-order valence-electron chi connectivity index (χ1n) is 11.9.